The summed E-state index contributed by atoms with van der Waals surface area (Å²) in [4.78, 5) is 28.2. The van der Waals surface area contributed by atoms with Crippen molar-refractivity contribution in [3.05, 3.63) is 41.0 Å². The number of fused-ring (bicyclic) bond motifs is 1. The summed E-state index contributed by atoms with van der Waals surface area (Å²) in [5.41, 5.74) is 1.63. The number of hydrogen-bond donors (Lipinski definition) is 1. The maximum absolute atomic E-state index is 13.0. The quantitative estimate of drug-likeness (QED) is 0.694. The van der Waals surface area contributed by atoms with Crippen LogP contribution in [0.25, 0.3) is 10.2 Å². The van der Waals surface area contributed by atoms with Crippen LogP contribution in [-0.4, -0.2) is 60.6 Å². The number of anilines is 2. The number of nitrogens with one attached hydrogen (secondary N) is 1. The van der Waals surface area contributed by atoms with Gasteiger partial charge in [-0.25, -0.2) is 9.97 Å². The number of rotatable bonds is 5. The number of thiophene rings is 1. The fourth-order valence-electron chi connectivity index (χ4n) is 3.67. The number of hydrogen-bond acceptors (Lipinski definition) is 7. The van der Waals surface area contributed by atoms with Crippen molar-refractivity contribution < 1.29 is 9.53 Å². The number of likely N-dealkylation sites (N-methyl/N-ethyl adjacent to an activating group) is 1. The SMILES string of the molecule is CCN1CCN(c2ncnc3sc(C(=O)Nc4cccc(OC)c4)c(C)c23)CC1. The van der Waals surface area contributed by atoms with Gasteiger partial charge in [0.05, 0.1) is 17.4 Å². The van der Waals surface area contributed by atoms with Crippen LogP contribution in [0, 0.1) is 6.92 Å². The van der Waals surface area contributed by atoms with E-state index in [0.29, 0.717) is 16.3 Å². The Morgan fingerprint density at radius 1 is 1.24 bits per heavy atom. The van der Waals surface area contributed by atoms with Crippen LogP contribution in [0.3, 0.4) is 0 Å². The van der Waals surface area contributed by atoms with Crippen molar-refractivity contribution in [1.82, 2.24) is 14.9 Å². The predicted molar refractivity (Wildman–Crippen MR) is 117 cm³/mol. The average Bonchev–Trinajstić information content (AvgIpc) is 3.11. The molecule has 0 unspecified atom stereocenters. The first-order valence-corrected chi connectivity index (χ1v) is 10.6. The molecule has 152 valence electrons. The summed E-state index contributed by atoms with van der Waals surface area (Å²) >= 11 is 1.41. The molecule has 7 nitrogen and oxygen atoms in total. The van der Waals surface area contributed by atoms with Crippen molar-refractivity contribution in [3.63, 3.8) is 0 Å². The normalized spacial score (nSPS) is 14.9. The molecule has 3 aromatic rings. The Kier molecular flexibility index (Phi) is 5.64. The molecule has 0 aliphatic carbocycles. The molecule has 1 aliphatic heterocycles. The zero-order valence-electron chi connectivity index (χ0n) is 16.9. The fourth-order valence-corrected chi connectivity index (χ4v) is 4.71. The van der Waals surface area contributed by atoms with E-state index in [0.717, 1.165) is 54.3 Å². The molecule has 1 aliphatic rings. The highest BCUT2D eigenvalue weighted by Crippen LogP contribution is 2.35. The summed E-state index contributed by atoms with van der Waals surface area (Å²) in [6.45, 7) is 9.15. The van der Waals surface area contributed by atoms with Gasteiger partial charge in [0.1, 0.15) is 22.7 Å². The molecule has 0 saturated carbocycles. The number of ether oxygens (including phenoxy) is 1. The minimum atomic E-state index is -0.138. The van der Waals surface area contributed by atoms with E-state index < -0.39 is 0 Å². The third-order valence-electron chi connectivity index (χ3n) is 5.36. The zero-order chi connectivity index (χ0) is 20.4. The van der Waals surface area contributed by atoms with Gasteiger partial charge in [-0.05, 0) is 31.2 Å². The molecule has 4 rings (SSSR count). The molecule has 0 bridgehead atoms. The van der Waals surface area contributed by atoms with Crippen LogP contribution in [0.5, 0.6) is 5.75 Å². The van der Waals surface area contributed by atoms with E-state index in [9.17, 15) is 4.79 Å². The van der Waals surface area contributed by atoms with Gasteiger partial charge in [0, 0.05) is 37.9 Å². The highest BCUT2D eigenvalue weighted by atomic mass is 32.1. The third kappa shape index (κ3) is 3.90. The van der Waals surface area contributed by atoms with E-state index >= 15 is 0 Å². The first-order chi connectivity index (χ1) is 14.1. The van der Waals surface area contributed by atoms with Gasteiger partial charge in [-0.1, -0.05) is 13.0 Å². The molecule has 0 spiro atoms. The highest BCUT2D eigenvalue weighted by molar-refractivity contribution is 7.20. The van der Waals surface area contributed by atoms with Crippen LogP contribution < -0.4 is 15.0 Å². The van der Waals surface area contributed by atoms with Gasteiger partial charge in [-0.2, -0.15) is 0 Å². The van der Waals surface area contributed by atoms with Gasteiger partial charge in [-0.3, -0.25) is 4.79 Å². The van der Waals surface area contributed by atoms with Crippen LogP contribution in [0.2, 0.25) is 0 Å². The van der Waals surface area contributed by atoms with Crippen LogP contribution in [0.1, 0.15) is 22.2 Å². The molecule has 8 heteroatoms. The van der Waals surface area contributed by atoms with Crippen molar-refractivity contribution in [1.29, 1.82) is 0 Å². The van der Waals surface area contributed by atoms with Gasteiger partial charge in [-0.15, -0.1) is 11.3 Å². The van der Waals surface area contributed by atoms with E-state index in [1.54, 1.807) is 19.5 Å². The molecule has 29 heavy (non-hydrogen) atoms. The van der Waals surface area contributed by atoms with Crippen LogP contribution >= 0.6 is 11.3 Å². The Labute approximate surface area is 174 Å². The Balaban J connectivity index is 1.63. The van der Waals surface area contributed by atoms with E-state index in [1.807, 2.05) is 25.1 Å². The second kappa shape index (κ2) is 8.34. The molecule has 0 radical (unpaired) electrons. The van der Waals surface area contributed by atoms with Crippen LogP contribution in [-0.2, 0) is 0 Å². The summed E-state index contributed by atoms with van der Waals surface area (Å²) < 4.78 is 5.24. The summed E-state index contributed by atoms with van der Waals surface area (Å²) in [6.07, 6.45) is 1.60. The van der Waals surface area contributed by atoms with Gasteiger partial charge >= 0.3 is 0 Å². The number of carbonyl (C=O) groups is 1. The molecule has 2 aromatic heterocycles. The van der Waals surface area contributed by atoms with E-state index in [2.05, 4.69) is 32.0 Å². The number of aryl methyl sites for hydroxylation is 1. The first-order valence-electron chi connectivity index (χ1n) is 9.77. The van der Waals surface area contributed by atoms with E-state index in [-0.39, 0.29) is 5.91 Å². The lowest BCUT2D eigenvalue weighted by molar-refractivity contribution is 0.103. The molecule has 1 amide bonds. The molecular formula is C21H25N5O2S. The third-order valence-corrected chi connectivity index (χ3v) is 6.56. The minimum Gasteiger partial charge on any atom is -0.497 e. The topological polar surface area (TPSA) is 70.6 Å². The lowest BCUT2D eigenvalue weighted by atomic mass is 10.1. The largest absolute Gasteiger partial charge is 0.497 e. The minimum absolute atomic E-state index is 0.138. The number of nitrogens with zero attached hydrogens (tertiary/aromatic N) is 4. The maximum Gasteiger partial charge on any atom is 0.266 e. The molecule has 1 N–H and O–H groups in total. The molecule has 1 aromatic carbocycles. The van der Waals surface area contributed by atoms with Crippen molar-refractivity contribution >= 4 is 39.0 Å². The first kappa shape index (κ1) is 19.6. The number of aromatic nitrogens is 2. The predicted octanol–water partition coefficient (Wildman–Crippen LogP) is 3.40. The van der Waals surface area contributed by atoms with Gasteiger partial charge in [0.2, 0.25) is 0 Å². The lowest BCUT2D eigenvalue weighted by Gasteiger charge is -2.35. The molecular weight excluding hydrogens is 386 g/mol. The van der Waals surface area contributed by atoms with Crippen molar-refractivity contribution in [3.8, 4) is 5.75 Å². The number of methoxy groups -OCH3 is 1. The van der Waals surface area contributed by atoms with Gasteiger partial charge < -0.3 is 19.9 Å². The standard InChI is InChI=1S/C21H25N5O2S/c1-4-25-8-10-26(11-9-25)19-17-14(2)18(29-21(17)23-13-22-19)20(27)24-15-6-5-7-16(12-15)28-3/h5-7,12-13H,4,8-11H2,1-3H3,(H,24,27). The smallest absolute Gasteiger partial charge is 0.266 e. The Morgan fingerprint density at radius 2 is 2.03 bits per heavy atom. The van der Waals surface area contributed by atoms with E-state index in [1.165, 1.54) is 11.3 Å². The molecule has 0 atom stereocenters. The Bertz CT molecular complexity index is 1030. The van der Waals surface area contributed by atoms with Crippen molar-refractivity contribution in [2.75, 3.05) is 50.1 Å². The second-order valence-corrected chi connectivity index (χ2v) is 8.04. The Morgan fingerprint density at radius 3 is 2.76 bits per heavy atom. The Hall–Kier alpha value is -2.71. The van der Waals surface area contributed by atoms with Crippen LogP contribution in [0.15, 0.2) is 30.6 Å². The monoisotopic (exact) mass is 411 g/mol. The van der Waals surface area contributed by atoms with E-state index in [4.69, 9.17) is 4.74 Å². The summed E-state index contributed by atoms with van der Waals surface area (Å²) in [5, 5.41) is 3.95. The summed E-state index contributed by atoms with van der Waals surface area (Å²) in [5.74, 6) is 1.50. The van der Waals surface area contributed by atoms with Crippen LogP contribution in [0.4, 0.5) is 11.5 Å². The molecule has 3 heterocycles. The summed E-state index contributed by atoms with van der Waals surface area (Å²) in [7, 11) is 1.61. The number of amides is 1. The fraction of sp³-hybridized carbons (Fsp3) is 0.381. The number of piperazine rings is 1. The number of carbonyl (C=O) groups excluding carboxylic acids is 1. The maximum atomic E-state index is 13.0. The zero-order valence-corrected chi connectivity index (χ0v) is 17.8. The van der Waals surface area contributed by atoms with Crippen molar-refractivity contribution in [2.24, 2.45) is 0 Å². The second-order valence-electron chi connectivity index (χ2n) is 7.04. The van der Waals surface area contributed by atoms with Gasteiger partial charge in [0.15, 0.2) is 0 Å². The van der Waals surface area contributed by atoms with Gasteiger partial charge in [0.25, 0.3) is 5.91 Å². The molecule has 1 saturated heterocycles. The lowest BCUT2D eigenvalue weighted by Crippen LogP contribution is -2.46. The number of benzene rings is 1. The average molecular weight is 412 g/mol. The van der Waals surface area contributed by atoms with Crippen molar-refractivity contribution in [2.45, 2.75) is 13.8 Å². The highest BCUT2D eigenvalue weighted by Gasteiger charge is 2.24. The molecule has 1 fully saturated rings. The summed E-state index contributed by atoms with van der Waals surface area (Å²) in [6, 6.07) is 7.35.